The van der Waals surface area contributed by atoms with Crippen LogP contribution >= 0.6 is 0 Å². The summed E-state index contributed by atoms with van der Waals surface area (Å²) < 4.78 is 0. The summed E-state index contributed by atoms with van der Waals surface area (Å²) in [5, 5.41) is 0. The standard InChI is InChI=1S/C52H42N2O2/c55-51-45-31-33-46(34-32-45)52(56)54(48-21-5-2-6-22-48)50-37-27-40(28-38-50)24-30-44-18-12-10-16-42(44)14-8-7-13-41-15-9-11-17-43(41)29-23-39-25-35-49(36-26-39)53(51)47-19-3-1-4-20-47/h9-12,15-18,25-28,31-38,47-48H,1-6,19-22H2. The molecule has 2 saturated carbocycles. The van der Waals surface area contributed by atoms with E-state index in [2.05, 4.69) is 47.4 Å². The summed E-state index contributed by atoms with van der Waals surface area (Å²) in [6, 6.07) is 39.1. The fraction of sp³-hybridized carbons (Fsp3) is 0.231. The highest BCUT2D eigenvalue weighted by molar-refractivity contribution is 6.09. The largest absolute Gasteiger partial charge is 0.305 e. The fourth-order valence-corrected chi connectivity index (χ4v) is 7.99. The molecule has 272 valence electrons. The summed E-state index contributed by atoms with van der Waals surface area (Å²) in [4.78, 5) is 32.7. The van der Waals surface area contributed by atoms with Gasteiger partial charge in [-0.2, -0.15) is 0 Å². The zero-order chi connectivity index (χ0) is 38.1. The van der Waals surface area contributed by atoms with Gasteiger partial charge in [0.15, 0.2) is 0 Å². The third-order valence-corrected chi connectivity index (χ3v) is 11.0. The van der Waals surface area contributed by atoms with E-state index in [-0.39, 0.29) is 23.9 Å². The van der Waals surface area contributed by atoms with Crippen molar-refractivity contribution in [2.45, 2.75) is 76.3 Å². The molecule has 5 heterocycles. The summed E-state index contributed by atoms with van der Waals surface area (Å²) >= 11 is 0. The molecule has 0 spiro atoms. The van der Waals surface area contributed by atoms with Crippen molar-refractivity contribution in [1.82, 2.24) is 0 Å². The molecule has 2 fully saturated rings. The van der Waals surface area contributed by atoms with Crippen LogP contribution in [0.3, 0.4) is 0 Å². The molecule has 0 aromatic heterocycles. The minimum atomic E-state index is -0.0537. The van der Waals surface area contributed by atoms with E-state index in [1.54, 1.807) is 0 Å². The van der Waals surface area contributed by atoms with E-state index in [1.165, 1.54) is 12.8 Å². The monoisotopic (exact) mass is 726 g/mol. The molecule has 12 rings (SSSR count). The maximum atomic E-state index is 14.4. The van der Waals surface area contributed by atoms with Crippen molar-refractivity contribution in [3.8, 4) is 47.4 Å². The second-order valence-corrected chi connectivity index (χ2v) is 14.7. The fourth-order valence-electron chi connectivity index (χ4n) is 7.99. The topological polar surface area (TPSA) is 40.6 Å². The first-order chi connectivity index (χ1) is 27.6. The van der Waals surface area contributed by atoms with Crippen LogP contribution in [0.1, 0.15) is 118 Å². The zero-order valence-corrected chi connectivity index (χ0v) is 31.5. The lowest BCUT2D eigenvalue weighted by Crippen LogP contribution is -2.42. The molecule has 0 unspecified atom stereocenters. The van der Waals surface area contributed by atoms with Gasteiger partial charge in [0, 0.05) is 68.0 Å². The van der Waals surface area contributed by atoms with Gasteiger partial charge in [-0.25, -0.2) is 0 Å². The molecule has 0 atom stereocenters. The van der Waals surface area contributed by atoms with Crippen LogP contribution in [-0.2, 0) is 0 Å². The Labute approximate surface area is 331 Å². The minimum absolute atomic E-state index is 0.0537. The number of fused-ring (bicyclic) bond motifs is 1. The van der Waals surface area contributed by atoms with E-state index < -0.39 is 0 Å². The molecule has 4 nitrogen and oxygen atoms in total. The van der Waals surface area contributed by atoms with Crippen molar-refractivity contribution in [2.24, 2.45) is 0 Å². The molecular formula is C52H42N2O2. The Balaban J connectivity index is 1.21. The highest BCUT2D eigenvalue weighted by Gasteiger charge is 2.30. The van der Waals surface area contributed by atoms with Crippen LogP contribution in [0.15, 0.2) is 121 Å². The van der Waals surface area contributed by atoms with Gasteiger partial charge >= 0.3 is 0 Å². The molecule has 0 radical (unpaired) electrons. The van der Waals surface area contributed by atoms with Crippen molar-refractivity contribution < 1.29 is 9.59 Å². The van der Waals surface area contributed by atoms with E-state index >= 15 is 0 Å². The molecule has 56 heavy (non-hydrogen) atoms. The van der Waals surface area contributed by atoms with E-state index in [0.717, 1.165) is 96.1 Å². The minimum Gasteiger partial charge on any atom is -0.305 e. The molecule has 0 N–H and O–H groups in total. The van der Waals surface area contributed by atoms with Gasteiger partial charge in [0.2, 0.25) is 0 Å². The highest BCUT2D eigenvalue weighted by atomic mass is 16.2. The molecule has 6 bridgehead atoms. The Morgan fingerprint density at radius 3 is 1.07 bits per heavy atom. The van der Waals surface area contributed by atoms with Crippen molar-refractivity contribution in [2.75, 3.05) is 9.80 Å². The number of hydrogen-bond acceptors (Lipinski definition) is 2. The number of carbonyl (C=O) groups excluding carboxylic acids is 2. The molecule has 5 aromatic carbocycles. The van der Waals surface area contributed by atoms with Gasteiger partial charge in [-0.15, -0.1) is 0 Å². The summed E-state index contributed by atoms with van der Waals surface area (Å²) in [5.41, 5.74) is 7.78. The lowest BCUT2D eigenvalue weighted by atomic mass is 9.92. The predicted octanol–water partition coefficient (Wildman–Crippen LogP) is 10.2. The van der Waals surface area contributed by atoms with Crippen LogP contribution in [0.2, 0.25) is 0 Å². The lowest BCUT2D eigenvalue weighted by molar-refractivity contribution is 0.0959. The zero-order valence-electron chi connectivity index (χ0n) is 31.5. The number of hydrogen-bond donors (Lipinski definition) is 0. The number of nitrogens with zero attached hydrogens (tertiary/aromatic N) is 2. The van der Waals surface area contributed by atoms with Crippen LogP contribution in [0.25, 0.3) is 0 Å². The van der Waals surface area contributed by atoms with Crippen LogP contribution in [0.4, 0.5) is 11.4 Å². The SMILES string of the molecule is O=C1c2ccc(cc2)C(=O)N(C2CCCCC2)c2ccc(cc2)C#Cc2ccccc2C#CC#Cc2ccccc2C#Cc2ccc(cc2)N1C1CCCCC1. The molecule has 2 aliphatic carbocycles. The first kappa shape index (κ1) is 36.3. The lowest BCUT2D eigenvalue weighted by Gasteiger charge is -2.35. The van der Waals surface area contributed by atoms with E-state index in [4.69, 9.17) is 0 Å². The second kappa shape index (κ2) is 17.2. The Morgan fingerprint density at radius 1 is 0.375 bits per heavy atom. The first-order valence-corrected chi connectivity index (χ1v) is 19.8. The third kappa shape index (κ3) is 8.33. The van der Waals surface area contributed by atoms with Gasteiger partial charge in [0.1, 0.15) is 0 Å². The van der Waals surface area contributed by atoms with Gasteiger partial charge in [0.25, 0.3) is 11.8 Å². The van der Waals surface area contributed by atoms with Crippen LogP contribution in [0, 0.1) is 47.4 Å². The van der Waals surface area contributed by atoms with Crippen LogP contribution in [-0.4, -0.2) is 23.9 Å². The number of rotatable bonds is 2. The molecule has 4 heteroatoms. The van der Waals surface area contributed by atoms with E-state index in [9.17, 15) is 9.59 Å². The number of anilines is 2. The highest BCUT2D eigenvalue weighted by Crippen LogP contribution is 2.32. The maximum Gasteiger partial charge on any atom is 0.258 e. The normalized spacial score (nSPS) is 16.1. The first-order valence-electron chi connectivity index (χ1n) is 19.8. The van der Waals surface area contributed by atoms with Crippen molar-refractivity contribution in [3.05, 3.63) is 166 Å². The average molecular weight is 727 g/mol. The van der Waals surface area contributed by atoms with Crippen molar-refractivity contribution in [1.29, 1.82) is 0 Å². The molecule has 5 aliphatic heterocycles. The van der Waals surface area contributed by atoms with Gasteiger partial charge < -0.3 is 9.80 Å². The molecule has 7 aliphatic rings. The molecular weight excluding hydrogens is 685 g/mol. The van der Waals surface area contributed by atoms with Crippen LogP contribution < -0.4 is 9.80 Å². The Hall–Kier alpha value is -6.72. The van der Waals surface area contributed by atoms with Gasteiger partial charge in [-0.05, 0) is 135 Å². The van der Waals surface area contributed by atoms with Crippen molar-refractivity contribution >= 4 is 23.2 Å². The Morgan fingerprint density at radius 2 is 0.714 bits per heavy atom. The predicted molar refractivity (Wildman–Crippen MR) is 225 cm³/mol. The smallest absolute Gasteiger partial charge is 0.258 e. The summed E-state index contributed by atoms with van der Waals surface area (Å²) in [7, 11) is 0. The number of carbonyl (C=O) groups is 2. The summed E-state index contributed by atoms with van der Waals surface area (Å²) in [6.07, 6.45) is 10.6. The number of amides is 2. The molecule has 0 saturated heterocycles. The maximum absolute atomic E-state index is 14.4. The summed E-state index contributed by atoms with van der Waals surface area (Å²) in [6.45, 7) is 0. The Bertz CT molecular complexity index is 2310. The third-order valence-electron chi connectivity index (χ3n) is 11.0. The average Bonchev–Trinajstić information content (AvgIpc) is 3.26. The molecule has 5 aromatic rings. The Kier molecular flexibility index (Phi) is 11.1. The van der Waals surface area contributed by atoms with Gasteiger partial charge in [-0.1, -0.05) is 98.3 Å². The van der Waals surface area contributed by atoms with E-state index in [0.29, 0.717) is 11.1 Å². The van der Waals surface area contributed by atoms with E-state index in [1.807, 2.05) is 131 Å². The van der Waals surface area contributed by atoms with Crippen molar-refractivity contribution in [3.63, 3.8) is 0 Å². The second-order valence-electron chi connectivity index (χ2n) is 14.7. The molecule has 2 amide bonds. The summed E-state index contributed by atoms with van der Waals surface area (Å²) in [5.74, 6) is 25.5. The number of benzene rings is 5. The van der Waals surface area contributed by atoms with Gasteiger partial charge in [0.05, 0.1) is 0 Å². The van der Waals surface area contributed by atoms with Crippen LogP contribution in [0.5, 0.6) is 0 Å². The van der Waals surface area contributed by atoms with Gasteiger partial charge in [-0.3, -0.25) is 9.59 Å². The quantitative estimate of drug-likeness (QED) is 0.170.